The van der Waals surface area contributed by atoms with E-state index in [9.17, 15) is 0 Å². The van der Waals surface area contributed by atoms with Crippen LogP contribution in [0.15, 0.2) is 0 Å². The third-order valence-corrected chi connectivity index (χ3v) is 3.66. The predicted molar refractivity (Wildman–Crippen MR) is 60.3 cm³/mol. The first-order chi connectivity index (χ1) is 6.63. The zero-order valence-electron chi connectivity index (χ0n) is 9.79. The summed E-state index contributed by atoms with van der Waals surface area (Å²) in [6, 6.07) is 1.13. The summed E-state index contributed by atoms with van der Waals surface area (Å²) < 4.78 is 0. The fraction of sp³-hybridized carbons (Fsp3) is 1.00. The van der Waals surface area contributed by atoms with Gasteiger partial charge in [0.2, 0.25) is 0 Å². The molecule has 2 heteroatoms. The maximum Gasteiger partial charge on any atom is 0.0471 e. The highest BCUT2D eigenvalue weighted by Crippen LogP contribution is 2.24. The first-order valence-electron chi connectivity index (χ1n) is 6.00. The van der Waals surface area contributed by atoms with E-state index in [1.165, 1.54) is 25.7 Å². The van der Waals surface area contributed by atoms with E-state index in [0.717, 1.165) is 5.92 Å². The first kappa shape index (κ1) is 12.0. The van der Waals surface area contributed by atoms with Gasteiger partial charge in [-0.2, -0.15) is 0 Å². The Kier molecular flexibility index (Phi) is 4.90. The molecule has 1 fully saturated rings. The van der Waals surface area contributed by atoms with Crippen molar-refractivity contribution in [3.05, 3.63) is 0 Å². The summed E-state index contributed by atoms with van der Waals surface area (Å²) in [5.41, 5.74) is 0. The lowest BCUT2D eigenvalue weighted by molar-refractivity contribution is 0.189. The lowest BCUT2D eigenvalue weighted by Gasteiger charge is -2.31. The molecule has 2 N–H and O–H groups in total. The highest BCUT2D eigenvalue weighted by molar-refractivity contribution is 4.79. The van der Waals surface area contributed by atoms with Crippen LogP contribution < -0.4 is 5.32 Å². The van der Waals surface area contributed by atoms with E-state index in [4.69, 9.17) is 5.11 Å². The van der Waals surface area contributed by atoms with E-state index in [1.54, 1.807) is 0 Å². The molecule has 1 aliphatic rings. The molecule has 0 heterocycles. The van der Waals surface area contributed by atoms with E-state index < -0.39 is 0 Å². The topological polar surface area (TPSA) is 32.3 Å². The van der Waals surface area contributed by atoms with E-state index >= 15 is 0 Å². The molecule has 0 bridgehead atoms. The summed E-state index contributed by atoms with van der Waals surface area (Å²) in [7, 11) is 0. The van der Waals surface area contributed by atoms with Crippen LogP contribution in [0.5, 0.6) is 0 Å². The Balaban J connectivity index is 2.23. The molecule has 0 aromatic rings. The van der Waals surface area contributed by atoms with Gasteiger partial charge in [0.1, 0.15) is 0 Å². The van der Waals surface area contributed by atoms with Crippen LogP contribution in [-0.2, 0) is 0 Å². The molecule has 14 heavy (non-hydrogen) atoms. The standard InChI is InChI=1S/C12H25NO/c1-9-4-6-12(7-5-9)13-11(3)10(2)8-14/h9-14H,4-8H2,1-3H3. The quantitative estimate of drug-likeness (QED) is 0.727. The number of rotatable bonds is 4. The maximum absolute atomic E-state index is 9.04. The molecular weight excluding hydrogens is 174 g/mol. The molecule has 0 aliphatic heterocycles. The van der Waals surface area contributed by atoms with Crippen LogP contribution in [0, 0.1) is 11.8 Å². The van der Waals surface area contributed by atoms with Crippen molar-refractivity contribution in [2.45, 2.75) is 58.5 Å². The van der Waals surface area contributed by atoms with Gasteiger partial charge in [0.25, 0.3) is 0 Å². The van der Waals surface area contributed by atoms with Crippen LogP contribution in [0.25, 0.3) is 0 Å². The van der Waals surface area contributed by atoms with Gasteiger partial charge in [-0.1, -0.05) is 13.8 Å². The normalized spacial score (nSPS) is 32.6. The predicted octanol–water partition coefficient (Wildman–Crippen LogP) is 2.17. The lowest BCUT2D eigenvalue weighted by atomic mass is 9.86. The largest absolute Gasteiger partial charge is 0.396 e. The Morgan fingerprint density at radius 1 is 1.21 bits per heavy atom. The van der Waals surface area contributed by atoms with Crippen LogP contribution in [0.3, 0.4) is 0 Å². The lowest BCUT2D eigenvalue weighted by Crippen LogP contribution is -2.42. The fourth-order valence-corrected chi connectivity index (χ4v) is 2.12. The van der Waals surface area contributed by atoms with Crippen molar-refractivity contribution in [2.75, 3.05) is 6.61 Å². The summed E-state index contributed by atoms with van der Waals surface area (Å²) in [6.45, 7) is 6.91. The van der Waals surface area contributed by atoms with E-state index in [2.05, 4.69) is 26.1 Å². The zero-order chi connectivity index (χ0) is 10.6. The highest BCUT2D eigenvalue weighted by atomic mass is 16.3. The van der Waals surface area contributed by atoms with Crippen molar-refractivity contribution >= 4 is 0 Å². The van der Waals surface area contributed by atoms with Gasteiger partial charge in [-0.3, -0.25) is 0 Å². The van der Waals surface area contributed by atoms with Gasteiger partial charge < -0.3 is 10.4 Å². The third-order valence-electron chi connectivity index (χ3n) is 3.66. The van der Waals surface area contributed by atoms with Gasteiger partial charge in [0.05, 0.1) is 0 Å². The van der Waals surface area contributed by atoms with Gasteiger partial charge in [-0.15, -0.1) is 0 Å². The van der Waals surface area contributed by atoms with E-state index in [0.29, 0.717) is 18.0 Å². The van der Waals surface area contributed by atoms with Crippen LogP contribution in [-0.4, -0.2) is 23.8 Å². The number of aliphatic hydroxyl groups is 1. The van der Waals surface area contributed by atoms with Gasteiger partial charge in [0, 0.05) is 18.7 Å². The van der Waals surface area contributed by atoms with Crippen LogP contribution >= 0.6 is 0 Å². The van der Waals surface area contributed by atoms with Crippen LogP contribution in [0.4, 0.5) is 0 Å². The Hall–Kier alpha value is -0.0800. The minimum atomic E-state index is 0.289. The Bertz CT molecular complexity index is 152. The smallest absolute Gasteiger partial charge is 0.0471 e. The summed E-state index contributed by atoms with van der Waals surface area (Å²) in [5.74, 6) is 1.29. The molecule has 0 aromatic heterocycles. The molecule has 2 nitrogen and oxygen atoms in total. The molecule has 0 amide bonds. The average Bonchev–Trinajstić information content (AvgIpc) is 2.20. The van der Waals surface area contributed by atoms with Crippen LogP contribution in [0.2, 0.25) is 0 Å². The summed E-state index contributed by atoms with van der Waals surface area (Å²) in [6.07, 6.45) is 5.34. The van der Waals surface area contributed by atoms with Crippen molar-refractivity contribution in [2.24, 2.45) is 11.8 Å². The maximum atomic E-state index is 9.04. The minimum Gasteiger partial charge on any atom is -0.396 e. The average molecular weight is 199 g/mol. The molecule has 1 aliphatic carbocycles. The van der Waals surface area contributed by atoms with E-state index in [-0.39, 0.29) is 6.61 Å². The SMILES string of the molecule is CC1CCC(NC(C)C(C)CO)CC1. The second kappa shape index (κ2) is 5.72. The molecule has 2 unspecified atom stereocenters. The van der Waals surface area contributed by atoms with Crippen molar-refractivity contribution < 1.29 is 5.11 Å². The van der Waals surface area contributed by atoms with Crippen molar-refractivity contribution in [1.29, 1.82) is 0 Å². The molecule has 2 atom stereocenters. The second-order valence-electron chi connectivity index (χ2n) is 5.07. The molecular formula is C12H25NO. The van der Waals surface area contributed by atoms with Gasteiger partial charge in [-0.05, 0) is 44.4 Å². The van der Waals surface area contributed by atoms with E-state index in [1.807, 2.05) is 0 Å². The van der Waals surface area contributed by atoms with Crippen molar-refractivity contribution in [3.8, 4) is 0 Å². The summed E-state index contributed by atoms with van der Waals surface area (Å²) >= 11 is 0. The molecule has 1 saturated carbocycles. The third kappa shape index (κ3) is 3.58. The van der Waals surface area contributed by atoms with Gasteiger partial charge in [-0.25, -0.2) is 0 Å². The second-order valence-corrected chi connectivity index (χ2v) is 5.07. The zero-order valence-corrected chi connectivity index (χ0v) is 9.79. The minimum absolute atomic E-state index is 0.289. The monoisotopic (exact) mass is 199 g/mol. The Morgan fingerprint density at radius 2 is 1.79 bits per heavy atom. The Labute approximate surface area is 88.1 Å². The Morgan fingerprint density at radius 3 is 2.29 bits per heavy atom. The summed E-state index contributed by atoms with van der Waals surface area (Å²) in [5, 5.41) is 12.7. The molecule has 0 spiro atoms. The number of hydrogen-bond acceptors (Lipinski definition) is 2. The number of nitrogens with one attached hydrogen (secondary N) is 1. The highest BCUT2D eigenvalue weighted by Gasteiger charge is 2.21. The number of aliphatic hydroxyl groups excluding tert-OH is 1. The summed E-state index contributed by atoms with van der Waals surface area (Å²) in [4.78, 5) is 0. The molecule has 0 aromatic carbocycles. The first-order valence-corrected chi connectivity index (χ1v) is 6.00. The molecule has 0 radical (unpaired) electrons. The number of hydrogen-bond donors (Lipinski definition) is 2. The molecule has 84 valence electrons. The van der Waals surface area contributed by atoms with Crippen molar-refractivity contribution in [3.63, 3.8) is 0 Å². The van der Waals surface area contributed by atoms with Gasteiger partial charge in [0.15, 0.2) is 0 Å². The molecule has 0 saturated heterocycles. The van der Waals surface area contributed by atoms with Crippen molar-refractivity contribution in [1.82, 2.24) is 5.32 Å². The molecule has 1 rings (SSSR count). The fourth-order valence-electron chi connectivity index (χ4n) is 2.12. The van der Waals surface area contributed by atoms with Gasteiger partial charge >= 0.3 is 0 Å². The van der Waals surface area contributed by atoms with Crippen LogP contribution in [0.1, 0.15) is 46.5 Å².